The minimum Gasteiger partial charge on any atom is -0.383 e. The molecule has 0 atom stereocenters. The third kappa shape index (κ3) is 3.26. The molecule has 112 valence electrons. The maximum atomic E-state index is 5.24. The van der Waals surface area contributed by atoms with Crippen LogP contribution in [0.25, 0.3) is 23.0 Å². The van der Waals surface area contributed by atoms with Crippen LogP contribution in [0, 0.1) is 0 Å². The molecule has 1 N–H and O–H groups in total. The van der Waals surface area contributed by atoms with Gasteiger partial charge in [0.15, 0.2) is 5.69 Å². The number of nitrogens with zero attached hydrogens (tertiary/aromatic N) is 4. The van der Waals surface area contributed by atoms with Crippen molar-refractivity contribution in [1.82, 2.24) is 20.3 Å². The first-order valence-corrected chi connectivity index (χ1v) is 6.83. The molecule has 1 aromatic carbocycles. The lowest BCUT2D eigenvalue weighted by Crippen LogP contribution is -2.09. The van der Waals surface area contributed by atoms with E-state index in [9.17, 15) is 0 Å². The van der Waals surface area contributed by atoms with Crippen LogP contribution in [0.1, 0.15) is 0 Å². The normalized spacial score (nSPS) is 10.6. The van der Waals surface area contributed by atoms with Crippen LogP contribution in [0.3, 0.4) is 0 Å². The van der Waals surface area contributed by atoms with Gasteiger partial charge in [0.05, 0.1) is 6.61 Å². The summed E-state index contributed by atoms with van der Waals surface area (Å²) in [6.07, 6.45) is 0. The Morgan fingerprint density at radius 1 is 1.09 bits per heavy atom. The van der Waals surface area contributed by atoms with E-state index in [-0.39, 0.29) is 0 Å². The fraction of sp³-hybridized carbons (Fsp3) is 0.200. The van der Waals surface area contributed by atoms with Crippen molar-refractivity contribution in [1.29, 1.82) is 0 Å². The number of ether oxygens (including phenoxy) is 1. The summed E-state index contributed by atoms with van der Waals surface area (Å²) in [6, 6.07) is 13.2. The Labute approximate surface area is 127 Å². The van der Waals surface area contributed by atoms with Gasteiger partial charge in [0.25, 0.3) is 5.89 Å². The molecule has 0 saturated carbocycles. The van der Waals surface area contributed by atoms with Gasteiger partial charge in [-0.2, -0.15) is 4.98 Å². The first-order chi connectivity index (χ1) is 10.9. The molecule has 7 nitrogen and oxygen atoms in total. The summed E-state index contributed by atoms with van der Waals surface area (Å²) in [6.45, 7) is 1.27. The zero-order valence-corrected chi connectivity index (χ0v) is 12.1. The fourth-order valence-electron chi connectivity index (χ4n) is 1.85. The number of rotatable bonds is 6. The Morgan fingerprint density at radius 3 is 2.68 bits per heavy atom. The van der Waals surface area contributed by atoms with E-state index in [1.165, 1.54) is 0 Å². The first-order valence-electron chi connectivity index (χ1n) is 6.83. The molecule has 0 saturated heterocycles. The van der Waals surface area contributed by atoms with E-state index >= 15 is 0 Å². The Hall–Kier alpha value is -2.80. The van der Waals surface area contributed by atoms with E-state index in [4.69, 9.17) is 9.26 Å². The third-order valence-electron chi connectivity index (χ3n) is 2.95. The van der Waals surface area contributed by atoms with E-state index < -0.39 is 0 Å². The molecule has 0 unspecified atom stereocenters. The van der Waals surface area contributed by atoms with Crippen LogP contribution in [0.2, 0.25) is 0 Å². The summed E-state index contributed by atoms with van der Waals surface area (Å²) in [5.41, 5.74) is 1.43. The smallest absolute Gasteiger partial charge is 0.278 e. The van der Waals surface area contributed by atoms with Crippen molar-refractivity contribution in [3.63, 3.8) is 0 Å². The predicted octanol–water partition coefficient (Wildman–Crippen LogP) is 2.25. The van der Waals surface area contributed by atoms with Gasteiger partial charge in [0, 0.05) is 19.2 Å². The minimum absolute atomic E-state index is 0.342. The number of anilines is 1. The zero-order valence-electron chi connectivity index (χ0n) is 12.1. The maximum absolute atomic E-state index is 5.24. The van der Waals surface area contributed by atoms with E-state index in [1.807, 2.05) is 36.4 Å². The molecule has 3 rings (SSSR count). The minimum atomic E-state index is 0.342. The highest BCUT2D eigenvalue weighted by molar-refractivity contribution is 5.57. The topological polar surface area (TPSA) is 86.0 Å². The van der Waals surface area contributed by atoms with Crippen molar-refractivity contribution in [2.45, 2.75) is 0 Å². The summed E-state index contributed by atoms with van der Waals surface area (Å²) in [7, 11) is 1.65. The fourth-order valence-corrected chi connectivity index (χ4v) is 1.85. The molecular formula is C15H15N5O2. The van der Waals surface area contributed by atoms with Crippen molar-refractivity contribution >= 4 is 5.82 Å². The molecule has 2 heterocycles. The summed E-state index contributed by atoms with van der Waals surface area (Å²) in [5, 5.41) is 15.2. The summed E-state index contributed by atoms with van der Waals surface area (Å²) >= 11 is 0. The van der Waals surface area contributed by atoms with E-state index in [2.05, 4.69) is 25.7 Å². The van der Waals surface area contributed by atoms with E-state index in [0.29, 0.717) is 36.4 Å². The SMILES string of the molecule is COCCNc1ccc(-c2nc(-c3ccccc3)no2)nn1. The second kappa shape index (κ2) is 6.77. The Balaban J connectivity index is 1.73. The molecule has 0 spiro atoms. The van der Waals surface area contributed by atoms with Crippen molar-refractivity contribution in [2.24, 2.45) is 0 Å². The highest BCUT2D eigenvalue weighted by Gasteiger charge is 2.11. The molecule has 0 bridgehead atoms. The van der Waals surface area contributed by atoms with Crippen LogP contribution in [-0.2, 0) is 4.74 Å². The van der Waals surface area contributed by atoms with Gasteiger partial charge in [-0.3, -0.25) is 0 Å². The summed E-state index contributed by atoms with van der Waals surface area (Å²) in [5.74, 6) is 1.54. The molecule has 0 amide bonds. The van der Waals surface area contributed by atoms with Gasteiger partial charge in [-0.1, -0.05) is 35.5 Å². The number of hydrogen-bond acceptors (Lipinski definition) is 7. The van der Waals surface area contributed by atoms with Crippen molar-refractivity contribution in [3.8, 4) is 23.0 Å². The van der Waals surface area contributed by atoms with Crippen LogP contribution in [0.4, 0.5) is 5.82 Å². The van der Waals surface area contributed by atoms with E-state index in [0.717, 1.165) is 5.56 Å². The highest BCUT2D eigenvalue weighted by atomic mass is 16.5. The van der Waals surface area contributed by atoms with Gasteiger partial charge in [0.1, 0.15) is 5.82 Å². The lowest BCUT2D eigenvalue weighted by molar-refractivity contribution is 0.210. The maximum Gasteiger partial charge on any atom is 0.278 e. The first kappa shape index (κ1) is 14.2. The molecule has 0 fully saturated rings. The molecule has 0 aliphatic carbocycles. The molecule has 2 aromatic heterocycles. The Bertz CT molecular complexity index is 712. The van der Waals surface area contributed by atoms with Crippen molar-refractivity contribution in [3.05, 3.63) is 42.5 Å². The molecule has 0 radical (unpaired) electrons. The second-order valence-corrected chi connectivity index (χ2v) is 4.51. The summed E-state index contributed by atoms with van der Waals surface area (Å²) in [4.78, 5) is 4.34. The molecule has 3 aromatic rings. The van der Waals surface area contributed by atoms with Crippen LogP contribution < -0.4 is 5.32 Å². The van der Waals surface area contributed by atoms with Crippen LogP contribution >= 0.6 is 0 Å². The third-order valence-corrected chi connectivity index (χ3v) is 2.95. The number of hydrogen-bond donors (Lipinski definition) is 1. The molecule has 0 aliphatic heterocycles. The van der Waals surface area contributed by atoms with Gasteiger partial charge in [-0.25, -0.2) is 0 Å². The molecule has 0 aliphatic rings. The number of aromatic nitrogens is 4. The van der Waals surface area contributed by atoms with Gasteiger partial charge in [-0.05, 0) is 12.1 Å². The second-order valence-electron chi connectivity index (χ2n) is 4.51. The predicted molar refractivity (Wildman–Crippen MR) is 81.1 cm³/mol. The lowest BCUT2D eigenvalue weighted by Gasteiger charge is -2.03. The zero-order chi connectivity index (χ0) is 15.2. The Morgan fingerprint density at radius 2 is 1.95 bits per heavy atom. The van der Waals surface area contributed by atoms with E-state index in [1.54, 1.807) is 13.2 Å². The van der Waals surface area contributed by atoms with Gasteiger partial charge < -0.3 is 14.6 Å². The highest BCUT2D eigenvalue weighted by Crippen LogP contribution is 2.20. The van der Waals surface area contributed by atoms with Crippen molar-refractivity contribution in [2.75, 3.05) is 25.6 Å². The molecular weight excluding hydrogens is 282 g/mol. The standard InChI is InChI=1S/C15H15N5O2/c1-21-10-9-16-13-8-7-12(18-19-13)15-17-14(20-22-15)11-5-3-2-4-6-11/h2-8H,9-10H2,1H3,(H,16,19). The quantitative estimate of drug-likeness (QED) is 0.698. The lowest BCUT2D eigenvalue weighted by atomic mass is 10.2. The summed E-state index contributed by atoms with van der Waals surface area (Å²) < 4.78 is 10.2. The largest absolute Gasteiger partial charge is 0.383 e. The molecule has 7 heteroatoms. The van der Waals surface area contributed by atoms with Crippen LogP contribution in [-0.4, -0.2) is 40.6 Å². The Kier molecular flexibility index (Phi) is 4.35. The van der Waals surface area contributed by atoms with Gasteiger partial charge in [-0.15, -0.1) is 10.2 Å². The average molecular weight is 297 g/mol. The number of methoxy groups -OCH3 is 1. The van der Waals surface area contributed by atoms with Gasteiger partial charge in [0.2, 0.25) is 5.82 Å². The number of benzene rings is 1. The molecule has 22 heavy (non-hydrogen) atoms. The number of nitrogens with one attached hydrogen (secondary N) is 1. The average Bonchev–Trinajstić information content (AvgIpc) is 3.07. The van der Waals surface area contributed by atoms with Gasteiger partial charge >= 0.3 is 0 Å². The van der Waals surface area contributed by atoms with Crippen molar-refractivity contribution < 1.29 is 9.26 Å². The van der Waals surface area contributed by atoms with Crippen LogP contribution in [0.15, 0.2) is 47.0 Å². The monoisotopic (exact) mass is 297 g/mol. The van der Waals surface area contributed by atoms with Crippen LogP contribution in [0.5, 0.6) is 0 Å².